The van der Waals surface area contributed by atoms with Crippen LogP contribution in [0.3, 0.4) is 0 Å². The molecule has 8 aromatic rings. The third-order valence-corrected chi connectivity index (χ3v) is 11.5. The molecule has 0 aliphatic heterocycles. The topological polar surface area (TPSA) is 43.9 Å². The number of benzene rings is 5. The van der Waals surface area contributed by atoms with E-state index >= 15 is 0 Å². The first-order valence-electron chi connectivity index (χ1n) is 19.5. The molecule has 0 saturated heterocycles. The monoisotopic (exact) mass is 906 g/mol. The summed E-state index contributed by atoms with van der Waals surface area (Å²) in [5.74, 6) is 0.775. The Bertz CT molecular complexity index is 2620. The largest absolute Gasteiger partial charge is 0.501 e. The molecular formula is C48H49IrN3OSi-2. The summed E-state index contributed by atoms with van der Waals surface area (Å²) in [5, 5.41) is 3.31. The molecular weight excluding hydrogens is 855 g/mol. The Balaban J connectivity index is 0.000000188. The zero-order chi connectivity index (χ0) is 39.1. The van der Waals surface area contributed by atoms with Gasteiger partial charge in [0.1, 0.15) is 5.58 Å². The predicted octanol–water partition coefficient (Wildman–Crippen LogP) is 12.0. The Morgan fingerprint density at radius 3 is 2.28 bits per heavy atom. The van der Waals surface area contributed by atoms with Gasteiger partial charge in [0.2, 0.25) is 0 Å². The van der Waals surface area contributed by atoms with Crippen LogP contribution in [0.25, 0.3) is 55.6 Å². The van der Waals surface area contributed by atoms with Crippen molar-refractivity contribution in [1.82, 2.24) is 14.5 Å². The second kappa shape index (κ2) is 16.0. The molecule has 277 valence electrons. The van der Waals surface area contributed by atoms with Gasteiger partial charge in [-0.2, -0.15) is 0 Å². The first-order valence-corrected chi connectivity index (χ1v) is 22.0. The van der Waals surface area contributed by atoms with Crippen molar-refractivity contribution < 1.29 is 27.3 Å². The van der Waals surface area contributed by atoms with Crippen molar-refractivity contribution >= 4 is 46.2 Å². The summed E-state index contributed by atoms with van der Waals surface area (Å²) in [6.07, 6.45) is 0.531. The predicted molar refractivity (Wildman–Crippen MR) is 226 cm³/mol. The van der Waals surface area contributed by atoms with E-state index in [1.54, 1.807) is 0 Å². The van der Waals surface area contributed by atoms with E-state index < -0.39 is 14.4 Å². The molecule has 0 bridgehead atoms. The van der Waals surface area contributed by atoms with E-state index in [9.17, 15) is 0 Å². The van der Waals surface area contributed by atoms with E-state index in [1.807, 2.05) is 68.6 Å². The fraction of sp³-hybridized carbons (Fsp3) is 0.250. The van der Waals surface area contributed by atoms with Gasteiger partial charge in [0.05, 0.1) is 30.5 Å². The zero-order valence-electron chi connectivity index (χ0n) is 34.4. The Morgan fingerprint density at radius 1 is 0.833 bits per heavy atom. The van der Waals surface area contributed by atoms with Crippen molar-refractivity contribution in [2.45, 2.75) is 72.6 Å². The van der Waals surface area contributed by atoms with Crippen molar-refractivity contribution in [3.05, 3.63) is 150 Å². The van der Waals surface area contributed by atoms with Crippen LogP contribution in [0.5, 0.6) is 0 Å². The first-order chi connectivity index (χ1) is 26.1. The van der Waals surface area contributed by atoms with Crippen LogP contribution in [0, 0.1) is 18.1 Å². The van der Waals surface area contributed by atoms with Crippen molar-refractivity contribution in [2.24, 2.45) is 5.92 Å². The van der Waals surface area contributed by atoms with Gasteiger partial charge in [-0.1, -0.05) is 138 Å². The molecule has 4 nitrogen and oxygen atoms in total. The van der Waals surface area contributed by atoms with Crippen LogP contribution in [0.2, 0.25) is 19.6 Å². The number of nitrogens with zero attached hydrogens (tertiary/aromatic N) is 3. The molecule has 0 fully saturated rings. The van der Waals surface area contributed by atoms with Crippen molar-refractivity contribution in [1.29, 1.82) is 0 Å². The third kappa shape index (κ3) is 8.37. The minimum Gasteiger partial charge on any atom is -0.501 e. The molecule has 0 spiro atoms. The smallest absolute Gasteiger partial charge is 0.120 e. The quantitative estimate of drug-likeness (QED) is 0.118. The summed E-state index contributed by atoms with van der Waals surface area (Å²) in [6.45, 7) is 17.9. The van der Waals surface area contributed by atoms with Gasteiger partial charge in [0.25, 0.3) is 0 Å². The molecule has 0 unspecified atom stereocenters. The summed E-state index contributed by atoms with van der Waals surface area (Å²) in [7, 11) is -1.71. The zero-order valence-corrected chi connectivity index (χ0v) is 35.8. The molecule has 1 radical (unpaired) electrons. The maximum absolute atomic E-state index is 8.69. The number of imidazole rings is 1. The minimum absolute atomic E-state index is 0. The normalized spacial score (nSPS) is 12.7. The second-order valence-electron chi connectivity index (χ2n) is 16.1. The van der Waals surface area contributed by atoms with Gasteiger partial charge in [-0.15, -0.1) is 53.6 Å². The molecule has 0 amide bonds. The number of fused-ring (bicyclic) bond motifs is 4. The third-order valence-electron chi connectivity index (χ3n) is 9.50. The van der Waals surface area contributed by atoms with Gasteiger partial charge in [0.15, 0.2) is 0 Å². The van der Waals surface area contributed by atoms with Crippen LogP contribution in [0.1, 0.15) is 54.1 Å². The van der Waals surface area contributed by atoms with Crippen molar-refractivity contribution in [2.75, 3.05) is 0 Å². The number of hydrogen-bond acceptors (Lipinski definition) is 3. The maximum atomic E-state index is 8.69. The van der Waals surface area contributed by atoms with Crippen molar-refractivity contribution in [3.63, 3.8) is 0 Å². The summed E-state index contributed by atoms with van der Waals surface area (Å²) in [6, 6.07) is 45.7. The average Bonchev–Trinajstić information content (AvgIpc) is 3.73. The van der Waals surface area contributed by atoms with Crippen molar-refractivity contribution in [3.8, 4) is 22.6 Å². The van der Waals surface area contributed by atoms with E-state index in [1.165, 1.54) is 11.1 Å². The Morgan fingerprint density at radius 2 is 1.54 bits per heavy atom. The number of pyridine rings is 1. The molecule has 0 N–H and O–H groups in total. The fourth-order valence-corrected chi connectivity index (χ4v) is 8.16. The Kier molecular flexibility index (Phi) is 10.8. The number of aromatic nitrogens is 3. The number of hydrogen-bond donors (Lipinski definition) is 0. The summed E-state index contributed by atoms with van der Waals surface area (Å²) in [5.41, 5.74) is 9.73. The Hall–Kier alpha value is -4.61. The van der Waals surface area contributed by atoms with E-state index in [4.69, 9.17) is 17.1 Å². The van der Waals surface area contributed by atoms with E-state index in [0.29, 0.717) is 0 Å². The molecule has 5 aromatic carbocycles. The van der Waals surface area contributed by atoms with Gasteiger partial charge in [-0.3, -0.25) is 4.98 Å². The number of rotatable bonds is 7. The molecule has 0 aliphatic carbocycles. The van der Waals surface area contributed by atoms with Crippen LogP contribution >= 0.6 is 0 Å². The van der Waals surface area contributed by atoms with Crippen LogP contribution in [-0.2, 0) is 38.4 Å². The van der Waals surface area contributed by atoms with Gasteiger partial charge in [0, 0.05) is 41.0 Å². The van der Waals surface area contributed by atoms with E-state index in [0.717, 1.165) is 72.9 Å². The average molecular weight is 906 g/mol. The molecule has 3 aromatic heterocycles. The SMILES string of the molecule is [2H]C([2H])(c1cc(-c2[c-]ccc(C(C)(C)C)c2)ncc1[Si](C)(C)C)C(C)C.[Ir].[c-]1ccc2c(oc3ccccc32)c1-c1nc2ccccc2n1Cc1ccccc1. The maximum Gasteiger partial charge on any atom is 0.120 e. The van der Waals surface area contributed by atoms with Gasteiger partial charge in [-0.25, -0.2) is 0 Å². The summed E-state index contributed by atoms with van der Waals surface area (Å²) < 4.78 is 25.9. The summed E-state index contributed by atoms with van der Waals surface area (Å²) >= 11 is 0. The molecule has 0 atom stereocenters. The molecule has 0 saturated carbocycles. The standard InChI is InChI=1S/C26H17N2O.C22H32NSi.Ir/c1-2-9-18(10-3-1)17-28-23-15-6-5-14-22(23)27-26(28)21-13-8-12-20-19-11-4-7-16-24(19)29-25(20)21;1-16(2)12-18-14-20(23-15-21(18)24(6,7)8)17-10-9-11-19(13-17)22(3,4)5;/h1-12,14-16H,17H2;9,11,13-16H,12H2,1-8H3;/q2*-1;/i;12D2;. The Labute approximate surface area is 337 Å². The van der Waals surface area contributed by atoms with Crippen LogP contribution < -0.4 is 5.19 Å². The van der Waals surface area contributed by atoms with Gasteiger partial charge < -0.3 is 14.0 Å². The minimum atomic E-state index is -1.71. The summed E-state index contributed by atoms with van der Waals surface area (Å²) in [4.78, 5) is 9.68. The number of furan rings is 1. The second-order valence-corrected chi connectivity index (χ2v) is 21.1. The van der Waals surface area contributed by atoms with Crippen LogP contribution in [0.4, 0.5) is 0 Å². The fourth-order valence-electron chi connectivity index (χ4n) is 6.76. The molecule has 8 rings (SSSR count). The molecule has 0 aliphatic rings. The van der Waals surface area contributed by atoms with E-state index in [-0.39, 0.29) is 31.4 Å². The molecule has 54 heavy (non-hydrogen) atoms. The first kappa shape index (κ1) is 36.4. The number of para-hydroxylation sites is 3. The van der Waals surface area contributed by atoms with E-state index in [2.05, 4.69) is 124 Å². The van der Waals surface area contributed by atoms with Crippen LogP contribution in [-0.4, -0.2) is 22.6 Å². The van der Waals surface area contributed by atoms with Gasteiger partial charge in [-0.05, 0) is 52.3 Å². The molecule has 6 heteroatoms. The molecule has 3 heterocycles. The van der Waals surface area contributed by atoms with Gasteiger partial charge >= 0.3 is 0 Å². The van der Waals surface area contributed by atoms with Crippen LogP contribution in [0.15, 0.2) is 126 Å².